The van der Waals surface area contributed by atoms with Crippen LogP contribution in [0.25, 0.3) is 0 Å². The van der Waals surface area contributed by atoms with Gasteiger partial charge in [0.2, 0.25) is 23.6 Å². The Labute approximate surface area is 157 Å². The highest BCUT2D eigenvalue weighted by Gasteiger charge is 2.33. The van der Waals surface area contributed by atoms with Gasteiger partial charge in [0, 0.05) is 19.2 Å². The molecule has 0 spiro atoms. The highest BCUT2D eigenvalue weighted by Crippen LogP contribution is 2.33. The normalized spacial score (nSPS) is 22.8. The Morgan fingerprint density at radius 1 is 1.22 bits per heavy atom. The van der Waals surface area contributed by atoms with Crippen molar-refractivity contribution < 1.29 is 18.7 Å². The minimum atomic E-state index is -0.181. The lowest BCUT2D eigenvalue weighted by molar-refractivity contribution is -0.135. The maximum atomic E-state index is 12.9. The lowest BCUT2D eigenvalue weighted by atomic mass is 10.0. The monoisotopic (exact) mass is 372 g/mol. The van der Waals surface area contributed by atoms with Crippen molar-refractivity contribution in [3.8, 4) is 5.88 Å². The van der Waals surface area contributed by atoms with E-state index in [0.717, 1.165) is 38.7 Å². The summed E-state index contributed by atoms with van der Waals surface area (Å²) in [5, 5.41) is 8.39. The Morgan fingerprint density at radius 2 is 2.11 bits per heavy atom. The Balaban J connectivity index is 1.49. The summed E-state index contributed by atoms with van der Waals surface area (Å²) >= 11 is 0. The van der Waals surface area contributed by atoms with Crippen LogP contribution in [-0.4, -0.2) is 46.2 Å². The lowest BCUT2D eigenvalue weighted by Gasteiger charge is -2.33. The molecule has 2 aliphatic heterocycles. The first kappa shape index (κ1) is 17.9. The summed E-state index contributed by atoms with van der Waals surface area (Å²) in [4.78, 5) is 19.1. The Morgan fingerprint density at radius 3 is 2.93 bits per heavy atom. The summed E-state index contributed by atoms with van der Waals surface area (Å²) in [7, 11) is 1.57. The molecule has 2 atom stereocenters. The fourth-order valence-electron chi connectivity index (χ4n) is 3.70. The standard InChI is InChI=1S/C19H24N4O4/c1-25-16-9-4-6-13(20-16)12-17(24)23-10-3-2-7-14(23)18-21-22-19(27-18)15-8-5-11-26-15/h4,6,9,14-15H,2-3,5,7-8,10-12H2,1H3/t14-,15+/m0/s1. The molecule has 8 nitrogen and oxygen atoms in total. The van der Waals surface area contributed by atoms with Crippen LogP contribution in [0.1, 0.15) is 61.7 Å². The number of amides is 1. The first-order valence-electron chi connectivity index (χ1n) is 9.49. The SMILES string of the molecule is COc1cccc(CC(=O)N2CCCC[C@H]2c2nnc([C@H]3CCCO3)o2)n1. The first-order valence-corrected chi connectivity index (χ1v) is 9.49. The van der Waals surface area contributed by atoms with Gasteiger partial charge in [-0.05, 0) is 38.2 Å². The molecular formula is C19H24N4O4. The van der Waals surface area contributed by atoms with Gasteiger partial charge in [-0.15, -0.1) is 10.2 Å². The van der Waals surface area contributed by atoms with E-state index in [9.17, 15) is 4.79 Å². The van der Waals surface area contributed by atoms with Crippen LogP contribution in [0, 0.1) is 0 Å². The van der Waals surface area contributed by atoms with E-state index in [0.29, 0.717) is 29.9 Å². The van der Waals surface area contributed by atoms with Crippen LogP contribution in [-0.2, 0) is 16.0 Å². The molecule has 0 aromatic carbocycles. The topological polar surface area (TPSA) is 90.6 Å². The summed E-state index contributed by atoms with van der Waals surface area (Å²) in [6.45, 7) is 1.41. The number of likely N-dealkylation sites (tertiary alicyclic amines) is 1. The number of carbonyl (C=O) groups is 1. The molecule has 2 aliphatic rings. The second-order valence-corrected chi connectivity index (χ2v) is 6.93. The van der Waals surface area contributed by atoms with Gasteiger partial charge in [0.15, 0.2) is 0 Å². The molecule has 4 rings (SSSR count). The molecule has 0 bridgehead atoms. The smallest absolute Gasteiger partial charge is 0.245 e. The van der Waals surface area contributed by atoms with Crippen LogP contribution in [0.5, 0.6) is 5.88 Å². The van der Waals surface area contributed by atoms with Crippen molar-refractivity contribution >= 4 is 5.91 Å². The lowest BCUT2D eigenvalue weighted by Crippen LogP contribution is -2.39. The van der Waals surface area contributed by atoms with Crippen molar-refractivity contribution in [2.45, 2.75) is 50.7 Å². The van der Waals surface area contributed by atoms with Gasteiger partial charge in [-0.2, -0.15) is 0 Å². The quantitative estimate of drug-likeness (QED) is 0.797. The molecule has 0 N–H and O–H groups in total. The molecule has 0 aliphatic carbocycles. The van der Waals surface area contributed by atoms with Crippen LogP contribution >= 0.6 is 0 Å². The van der Waals surface area contributed by atoms with Gasteiger partial charge in [0.1, 0.15) is 12.1 Å². The second kappa shape index (κ2) is 8.04. The maximum absolute atomic E-state index is 12.9. The second-order valence-electron chi connectivity index (χ2n) is 6.93. The average molecular weight is 372 g/mol. The zero-order valence-electron chi connectivity index (χ0n) is 15.5. The molecule has 4 heterocycles. The van der Waals surface area contributed by atoms with Crippen molar-refractivity contribution in [1.82, 2.24) is 20.1 Å². The fraction of sp³-hybridized carbons (Fsp3) is 0.579. The summed E-state index contributed by atoms with van der Waals surface area (Å²) in [6.07, 6.45) is 4.84. The number of carbonyl (C=O) groups excluding carboxylic acids is 1. The number of rotatable bonds is 5. The number of methoxy groups -OCH3 is 1. The van der Waals surface area contributed by atoms with Crippen molar-refractivity contribution in [2.75, 3.05) is 20.3 Å². The number of nitrogens with zero attached hydrogens (tertiary/aromatic N) is 4. The highest BCUT2D eigenvalue weighted by molar-refractivity contribution is 5.78. The molecule has 0 saturated carbocycles. The molecular weight excluding hydrogens is 348 g/mol. The molecule has 2 fully saturated rings. The minimum absolute atomic E-state index is 0.0114. The van der Waals surface area contributed by atoms with Crippen LogP contribution in [0.3, 0.4) is 0 Å². The van der Waals surface area contributed by atoms with Crippen molar-refractivity contribution in [1.29, 1.82) is 0 Å². The van der Waals surface area contributed by atoms with Crippen LogP contribution in [0.15, 0.2) is 22.6 Å². The van der Waals surface area contributed by atoms with Gasteiger partial charge >= 0.3 is 0 Å². The largest absolute Gasteiger partial charge is 0.481 e. The Bertz CT molecular complexity index is 788. The zero-order valence-corrected chi connectivity index (χ0v) is 15.5. The van der Waals surface area contributed by atoms with E-state index in [1.165, 1.54) is 0 Å². The van der Waals surface area contributed by atoms with E-state index in [1.807, 2.05) is 17.0 Å². The van der Waals surface area contributed by atoms with Crippen molar-refractivity contribution in [3.05, 3.63) is 35.7 Å². The molecule has 0 unspecified atom stereocenters. The summed E-state index contributed by atoms with van der Waals surface area (Å²) < 4.78 is 16.7. The van der Waals surface area contributed by atoms with Gasteiger partial charge in [0.05, 0.1) is 19.2 Å². The Kier molecular flexibility index (Phi) is 5.33. The molecule has 0 radical (unpaired) electrons. The van der Waals surface area contributed by atoms with Gasteiger partial charge in [-0.1, -0.05) is 6.07 Å². The van der Waals surface area contributed by atoms with Crippen molar-refractivity contribution in [2.24, 2.45) is 0 Å². The summed E-state index contributed by atoms with van der Waals surface area (Å²) in [5.74, 6) is 1.55. The highest BCUT2D eigenvalue weighted by atomic mass is 16.5. The third-order valence-corrected chi connectivity index (χ3v) is 5.09. The predicted molar refractivity (Wildman–Crippen MR) is 95.0 cm³/mol. The molecule has 27 heavy (non-hydrogen) atoms. The number of pyridine rings is 1. The van der Waals surface area contributed by atoms with Gasteiger partial charge in [0.25, 0.3) is 0 Å². The van der Waals surface area contributed by atoms with E-state index in [-0.39, 0.29) is 24.5 Å². The third kappa shape index (κ3) is 3.95. The zero-order chi connectivity index (χ0) is 18.6. The molecule has 8 heteroatoms. The van der Waals surface area contributed by atoms with Crippen LogP contribution < -0.4 is 4.74 Å². The van der Waals surface area contributed by atoms with Gasteiger partial charge in [-0.25, -0.2) is 4.98 Å². The van der Waals surface area contributed by atoms with E-state index in [1.54, 1.807) is 13.2 Å². The van der Waals surface area contributed by atoms with Crippen molar-refractivity contribution in [3.63, 3.8) is 0 Å². The number of piperidine rings is 1. The number of hydrogen-bond acceptors (Lipinski definition) is 7. The van der Waals surface area contributed by atoms with E-state index in [2.05, 4.69) is 15.2 Å². The van der Waals surface area contributed by atoms with E-state index >= 15 is 0 Å². The summed E-state index contributed by atoms with van der Waals surface area (Å²) in [5.41, 5.74) is 0.689. The number of ether oxygens (including phenoxy) is 2. The molecule has 2 aromatic heterocycles. The molecule has 2 saturated heterocycles. The van der Waals surface area contributed by atoms with Gasteiger partial charge in [-0.3, -0.25) is 4.79 Å². The van der Waals surface area contributed by atoms with E-state index in [4.69, 9.17) is 13.9 Å². The minimum Gasteiger partial charge on any atom is -0.481 e. The number of hydrogen-bond donors (Lipinski definition) is 0. The van der Waals surface area contributed by atoms with Crippen LogP contribution in [0.4, 0.5) is 0 Å². The predicted octanol–water partition coefficient (Wildman–Crippen LogP) is 2.62. The molecule has 1 amide bonds. The maximum Gasteiger partial charge on any atom is 0.245 e. The first-order chi connectivity index (χ1) is 13.2. The van der Waals surface area contributed by atoms with Crippen LogP contribution in [0.2, 0.25) is 0 Å². The third-order valence-electron chi connectivity index (χ3n) is 5.09. The number of aromatic nitrogens is 3. The fourth-order valence-corrected chi connectivity index (χ4v) is 3.70. The summed E-state index contributed by atoms with van der Waals surface area (Å²) in [6, 6.07) is 5.26. The Hall–Kier alpha value is -2.48. The molecule has 144 valence electrons. The van der Waals surface area contributed by atoms with Gasteiger partial charge < -0.3 is 18.8 Å². The molecule has 2 aromatic rings. The van der Waals surface area contributed by atoms with E-state index < -0.39 is 0 Å². The average Bonchev–Trinajstić information content (AvgIpc) is 3.40.